The third-order valence-electron chi connectivity index (χ3n) is 4.98. The van der Waals surface area contributed by atoms with E-state index < -0.39 is 23.4 Å². The van der Waals surface area contributed by atoms with Gasteiger partial charge in [-0.05, 0) is 84.9 Å². The Labute approximate surface area is 194 Å². The van der Waals surface area contributed by atoms with Gasteiger partial charge in [0.2, 0.25) is 0 Å². The van der Waals surface area contributed by atoms with E-state index in [4.69, 9.17) is 0 Å². The molecule has 4 aromatic rings. The molecule has 4 aromatic carbocycles. The van der Waals surface area contributed by atoms with Crippen molar-refractivity contribution in [3.05, 3.63) is 131 Å². The molecule has 0 aliphatic carbocycles. The first kappa shape index (κ1) is 22.5. The van der Waals surface area contributed by atoms with Crippen LogP contribution in [0.5, 0.6) is 0 Å². The van der Waals surface area contributed by atoms with Crippen molar-refractivity contribution in [2.45, 2.75) is 0 Å². The average molecular weight is 456 g/mol. The quantitative estimate of drug-likeness (QED) is 0.366. The number of carbonyl (C=O) groups is 3. The normalized spacial score (nSPS) is 10.4. The van der Waals surface area contributed by atoms with Gasteiger partial charge in [0.25, 0.3) is 11.8 Å². The first-order valence-electron chi connectivity index (χ1n) is 10.3. The van der Waals surface area contributed by atoms with Crippen molar-refractivity contribution in [3.63, 3.8) is 0 Å². The van der Waals surface area contributed by atoms with E-state index in [1.165, 1.54) is 36.4 Å². The number of amides is 2. The van der Waals surface area contributed by atoms with Gasteiger partial charge in [-0.15, -0.1) is 0 Å². The average Bonchev–Trinajstić information content (AvgIpc) is 2.84. The van der Waals surface area contributed by atoms with E-state index in [1.807, 2.05) is 0 Å². The van der Waals surface area contributed by atoms with E-state index >= 15 is 0 Å². The SMILES string of the molecule is O=C(Nc1ccc(C(=O)c2ccc(NC(=O)c3cccc(F)c3)cc2)cc1)c1cccc(F)c1. The summed E-state index contributed by atoms with van der Waals surface area (Å²) in [6.07, 6.45) is 0. The van der Waals surface area contributed by atoms with Crippen molar-refractivity contribution < 1.29 is 23.2 Å². The van der Waals surface area contributed by atoms with Crippen LogP contribution in [0.25, 0.3) is 0 Å². The number of hydrogen-bond acceptors (Lipinski definition) is 3. The lowest BCUT2D eigenvalue weighted by Crippen LogP contribution is -2.12. The van der Waals surface area contributed by atoms with Gasteiger partial charge in [-0.1, -0.05) is 12.1 Å². The fourth-order valence-electron chi connectivity index (χ4n) is 3.24. The summed E-state index contributed by atoms with van der Waals surface area (Å²) in [4.78, 5) is 37.2. The summed E-state index contributed by atoms with van der Waals surface area (Å²) in [6, 6.07) is 23.3. The molecule has 0 radical (unpaired) electrons. The molecule has 0 bridgehead atoms. The van der Waals surface area contributed by atoms with E-state index in [0.717, 1.165) is 12.1 Å². The van der Waals surface area contributed by atoms with Crippen molar-refractivity contribution in [1.29, 1.82) is 0 Å². The summed E-state index contributed by atoms with van der Waals surface area (Å²) in [6.45, 7) is 0. The number of ketones is 1. The maximum absolute atomic E-state index is 13.3. The van der Waals surface area contributed by atoms with Crippen LogP contribution >= 0.6 is 0 Å². The highest BCUT2D eigenvalue weighted by atomic mass is 19.1. The van der Waals surface area contributed by atoms with Crippen molar-refractivity contribution in [3.8, 4) is 0 Å². The number of benzene rings is 4. The maximum Gasteiger partial charge on any atom is 0.255 e. The smallest absolute Gasteiger partial charge is 0.255 e. The summed E-state index contributed by atoms with van der Waals surface area (Å²) >= 11 is 0. The second-order valence-corrected chi connectivity index (χ2v) is 7.41. The third-order valence-corrected chi connectivity index (χ3v) is 4.98. The summed E-state index contributed by atoms with van der Waals surface area (Å²) < 4.78 is 26.6. The van der Waals surface area contributed by atoms with Crippen LogP contribution in [0.4, 0.5) is 20.2 Å². The zero-order valence-corrected chi connectivity index (χ0v) is 17.7. The van der Waals surface area contributed by atoms with E-state index in [-0.39, 0.29) is 16.9 Å². The molecule has 0 saturated carbocycles. The lowest BCUT2D eigenvalue weighted by Gasteiger charge is -2.08. The molecule has 0 fully saturated rings. The van der Waals surface area contributed by atoms with Crippen molar-refractivity contribution in [2.24, 2.45) is 0 Å². The molecule has 0 aliphatic rings. The van der Waals surface area contributed by atoms with Gasteiger partial charge in [0.1, 0.15) is 11.6 Å². The fraction of sp³-hybridized carbons (Fsp3) is 0. The molecule has 0 spiro atoms. The van der Waals surface area contributed by atoms with Crippen LogP contribution in [0.3, 0.4) is 0 Å². The number of rotatable bonds is 6. The molecular formula is C27H18F2N2O3. The Kier molecular flexibility index (Phi) is 6.54. The standard InChI is InChI=1S/C27H18F2N2O3/c28-21-5-1-3-19(15-21)26(33)30-23-11-7-17(8-12-23)25(32)18-9-13-24(14-10-18)31-27(34)20-4-2-6-22(29)16-20/h1-16H,(H,30,33)(H,31,34). The van der Waals surface area contributed by atoms with Crippen molar-refractivity contribution in [1.82, 2.24) is 0 Å². The Morgan fingerprint density at radius 3 is 1.24 bits per heavy atom. The van der Waals surface area contributed by atoms with Crippen molar-refractivity contribution in [2.75, 3.05) is 10.6 Å². The van der Waals surface area contributed by atoms with Crippen LogP contribution in [0.1, 0.15) is 36.6 Å². The second kappa shape index (κ2) is 9.87. The molecule has 0 aliphatic heterocycles. The number of nitrogens with one attached hydrogen (secondary N) is 2. The Balaban J connectivity index is 1.39. The highest BCUT2D eigenvalue weighted by molar-refractivity contribution is 6.10. The molecule has 0 heterocycles. The summed E-state index contributed by atoms with van der Waals surface area (Å²) in [7, 11) is 0. The zero-order chi connectivity index (χ0) is 24.1. The molecule has 0 unspecified atom stereocenters. The van der Waals surface area contributed by atoms with Crippen LogP contribution in [0.15, 0.2) is 97.1 Å². The number of anilines is 2. The molecular weight excluding hydrogens is 438 g/mol. The van der Waals surface area contributed by atoms with Crippen LogP contribution in [0.2, 0.25) is 0 Å². The van der Waals surface area contributed by atoms with Crippen LogP contribution < -0.4 is 10.6 Å². The van der Waals surface area contributed by atoms with E-state index in [2.05, 4.69) is 10.6 Å². The van der Waals surface area contributed by atoms with Gasteiger partial charge in [0.05, 0.1) is 0 Å². The van der Waals surface area contributed by atoms with Crippen molar-refractivity contribution >= 4 is 29.0 Å². The largest absolute Gasteiger partial charge is 0.322 e. The van der Waals surface area contributed by atoms with Crippen LogP contribution in [-0.2, 0) is 0 Å². The summed E-state index contributed by atoms with van der Waals surface area (Å²) in [5.74, 6) is -2.18. The van der Waals surface area contributed by atoms with Crippen LogP contribution in [-0.4, -0.2) is 17.6 Å². The fourth-order valence-corrected chi connectivity index (χ4v) is 3.24. The van der Waals surface area contributed by atoms with Gasteiger partial charge in [-0.3, -0.25) is 14.4 Å². The molecule has 2 N–H and O–H groups in total. The molecule has 34 heavy (non-hydrogen) atoms. The van der Waals surface area contributed by atoms with Gasteiger partial charge in [0.15, 0.2) is 5.78 Å². The summed E-state index contributed by atoms with van der Waals surface area (Å²) in [5, 5.41) is 5.31. The first-order chi connectivity index (χ1) is 16.4. The number of halogens is 2. The minimum absolute atomic E-state index is 0.185. The minimum Gasteiger partial charge on any atom is -0.322 e. The Morgan fingerprint density at radius 1 is 0.500 bits per heavy atom. The second-order valence-electron chi connectivity index (χ2n) is 7.41. The lowest BCUT2D eigenvalue weighted by atomic mass is 10.0. The molecule has 0 aromatic heterocycles. The first-order valence-corrected chi connectivity index (χ1v) is 10.3. The highest BCUT2D eigenvalue weighted by Gasteiger charge is 2.12. The molecule has 168 valence electrons. The highest BCUT2D eigenvalue weighted by Crippen LogP contribution is 2.18. The van der Waals surface area contributed by atoms with Crippen LogP contribution in [0, 0.1) is 11.6 Å². The Bertz CT molecular complexity index is 1260. The van der Waals surface area contributed by atoms with Gasteiger partial charge >= 0.3 is 0 Å². The van der Waals surface area contributed by atoms with E-state index in [0.29, 0.717) is 22.5 Å². The molecule has 0 atom stereocenters. The third kappa shape index (κ3) is 5.39. The minimum atomic E-state index is -0.506. The van der Waals surface area contributed by atoms with Gasteiger partial charge in [-0.25, -0.2) is 8.78 Å². The predicted octanol–water partition coefficient (Wildman–Crippen LogP) is 5.70. The molecule has 4 rings (SSSR count). The monoisotopic (exact) mass is 456 g/mol. The maximum atomic E-state index is 13.3. The van der Waals surface area contributed by atoms with Gasteiger partial charge < -0.3 is 10.6 Å². The molecule has 2 amide bonds. The van der Waals surface area contributed by atoms with Gasteiger partial charge in [0, 0.05) is 33.6 Å². The molecule has 0 saturated heterocycles. The van der Waals surface area contributed by atoms with E-state index in [1.54, 1.807) is 48.5 Å². The topological polar surface area (TPSA) is 75.3 Å². The number of hydrogen-bond donors (Lipinski definition) is 2. The summed E-state index contributed by atoms with van der Waals surface area (Å²) in [5.41, 5.74) is 2.09. The molecule has 5 nitrogen and oxygen atoms in total. The van der Waals surface area contributed by atoms with Gasteiger partial charge in [-0.2, -0.15) is 0 Å². The lowest BCUT2D eigenvalue weighted by molar-refractivity contribution is 0.101. The number of carbonyl (C=O) groups excluding carboxylic acids is 3. The van der Waals surface area contributed by atoms with E-state index in [9.17, 15) is 23.2 Å². The Hall–Kier alpha value is -4.65. The zero-order valence-electron chi connectivity index (χ0n) is 17.7. The molecule has 7 heteroatoms. The Morgan fingerprint density at radius 2 is 0.882 bits per heavy atom. The predicted molar refractivity (Wildman–Crippen MR) is 125 cm³/mol.